The van der Waals surface area contributed by atoms with Gasteiger partial charge in [-0.3, -0.25) is 4.48 Å². The van der Waals surface area contributed by atoms with E-state index in [-0.39, 0.29) is 30.3 Å². The molecule has 0 amide bonds. The normalized spacial score (nSPS) is 16.0. The molecule has 204 valence electrons. The summed E-state index contributed by atoms with van der Waals surface area (Å²) in [6.45, 7) is 7.92. The Hall–Kier alpha value is -1.89. The van der Waals surface area contributed by atoms with Crippen molar-refractivity contribution in [2.75, 3.05) is 6.54 Å². The minimum atomic E-state index is -1.09. The van der Waals surface area contributed by atoms with Crippen molar-refractivity contribution in [3.63, 3.8) is 0 Å². The molecule has 0 fully saturated rings. The van der Waals surface area contributed by atoms with E-state index < -0.39 is 36.0 Å². The molecule has 0 aliphatic rings. The van der Waals surface area contributed by atoms with Gasteiger partial charge >= 0.3 is 17.9 Å². The van der Waals surface area contributed by atoms with Crippen molar-refractivity contribution in [2.24, 2.45) is 0 Å². The van der Waals surface area contributed by atoms with Crippen molar-refractivity contribution in [3.05, 3.63) is 12.2 Å². The van der Waals surface area contributed by atoms with Gasteiger partial charge in [-0.05, 0) is 51.9 Å². The van der Waals surface area contributed by atoms with Gasteiger partial charge in [0, 0.05) is 19.3 Å². The van der Waals surface area contributed by atoms with Gasteiger partial charge in [0.25, 0.3) is 0 Å². The summed E-state index contributed by atoms with van der Waals surface area (Å²) in [5, 5.41) is 30.6. The van der Waals surface area contributed by atoms with Crippen molar-refractivity contribution >= 4 is 17.9 Å². The van der Waals surface area contributed by atoms with Crippen molar-refractivity contribution in [3.8, 4) is 0 Å². The molecule has 3 atom stereocenters. The molecular formula is C28H52NO6+. The topological polar surface area (TPSA) is 112 Å². The summed E-state index contributed by atoms with van der Waals surface area (Å²) in [6, 6.07) is -3.13. The molecular weight excluding hydrogens is 446 g/mol. The van der Waals surface area contributed by atoms with Crippen LogP contribution in [0.15, 0.2) is 12.2 Å². The minimum Gasteiger partial charge on any atom is -0.477 e. The van der Waals surface area contributed by atoms with Crippen molar-refractivity contribution < 1.29 is 34.2 Å². The van der Waals surface area contributed by atoms with Crippen LogP contribution in [0.3, 0.4) is 0 Å². The maximum absolute atomic E-state index is 12.5. The van der Waals surface area contributed by atoms with Crippen molar-refractivity contribution in [1.29, 1.82) is 0 Å². The van der Waals surface area contributed by atoms with E-state index in [9.17, 15) is 29.7 Å². The highest BCUT2D eigenvalue weighted by atomic mass is 16.4. The summed E-state index contributed by atoms with van der Waals surface area (Å²) in [5.74, 6) is -3.27. The largest absolute Gasteiger partial charge is 0.477 e. The van der Waals surface area contributed by atoms with Crippen LogP contribution < -0.4 is 0 Å². The average molecular weight is 499 g/mol. The molecule has 7 heteroatoms. The zero-order valence-corrected chi connectivity index (χ0v) is 22.7. The summed E-state index contributed by atoms with van der Waals surface area (Å²) < 4.78 is -0.375. The van der Waals surface area contributed by atoms with E-state index in [2.05, 4.69) is 12.2 Å². The lowest BCUT2D eigenvalue weighted by molar-refractivity contribution is -0.973. The van der Waals surface area contributed by atoms with Gasteiger partial charge < -0.3 is 15.3 Å². The van der Waals surface area contributed by atoms with Crippen molar-refractivity contribution in [2.45, 2.75) is 142 Å². The third kappa shape index (κ3) is 11.1. The Balaban J connectivity index is 5.69. The zero-order chi connectivity index (χ0) is 26.7. The number of quaternary nitrogens is 1. The fourth-order valence-corrected chi connectivity index (χ4v) is 5.52. The number of nitrogens with zero attached hydrogens (tertiary/aromatic N) is 1. The fourth-order valence-electron chi connectivity index (χ4n) is 5.52. The highest BCUT2D eigenvalue weighted by Crippen LogP contribution is 2.34. The smallest absolute Gasteiger partial charge is 0.362 e. The maximum atomic E-state index is 12.5. The summed E-state index contributed by atoms with van der Waals surface area (Å²) in [6.07, 6.45) is 16.2. The van der Waals surface area contributed by atoms with Crippen LogP contribution in [0.1, 0.15) is 124 Å². The second kappa shape index (κ2) is 19.3. The number of carboxylic acid groups (broad SMARTS) is 3. The predicted octanol–water partition coefficient (Wildman–Crippen LogP) is 6.65. The molecule has 0 rings (SSSR count). The molecule has 0 bridgehead atoms. The summed E-state index contributed by atoms with van der Waals surface area (Å²) in [4.78, 5) is 37.5. The lowest BCUT2D eigenvalue weighted by Crippen LogP contribution is -2.72. The quantitative estimate of drug-likeness (QED) is 0.0826. The number of rotatable bonds is 23. The first-order valence-electron chi connectivity index (χ1n) is 13.9. The molecule has 3 N–H and O–H groups in total. The van der Waals surface area contributed by atoms with E-state index >= 15 is 0 Å². The molecule has 0 aliphatic carbocycles. The molecule has 7 nitrogen and oxygen atoms in total. The highest BCUT2D eigenvalue weighted by molar-refractivity contribution is 5.78. The molecule has 0 radical (unpaired) electrons. The minimum absolute atomic E-state index is 0.267. The molecule has 0 aromatic carbocycles. The Morgan fingerprint density at radius 3 is 1.29 bits per heavy atom. The van der Waals surface area contributed by atoms with Crippen molar-refractivity contribution in [1.82, 2.24) is 0 Å². The molecule has 35 heavy (non-hydrogen) atoms. The Morgan fingerprint density at radius 2 is 0.971 bits per heavy atom. The monoisotopic (exact) mass is 498 g/mol. The number of hydrogen-bond donors (Lipinski definition) is 3. The van der Waals surface area contributed by atoms with Gasteiger partial charge in [0.15, 0.2) is 18.1 Å². The first-order valence-corrected chi connectivity index (χ1v) is 13.9. The maximum Gasteiger partial charge on any atom is 0.362 e. The molecule has 0 saturated heterocycles. The summed E-state index contributed by atoms with van der Waals surface area (Å²) in [5.41, 5.74) is 0. The predicted molar refractivity (Wildman–Crippen MR) is 140 cm³/mol. The van der Waals surface area contributed by atoms with E-state index in [1.54, 1.807) is 0 Å². The van der Waals surface area contributed by atoms with Crippen LogP contribution in [-0.4, -0.2) is 62.4 Å². The number of aliphatic carboxylic acids is 3. The van der Waals surface area contributed by atoms with Gasteiger partial charge in [0.05, 0.1) is 6.54 Å². The molecule has 0 aromatic rings. The van der Waals surface area contributed by atoms with E-state index in [0.717, 1.165) is 32.1 Å². The van der Waals surface area contributed by atoms with Gasteiger partial charge in [0.2, 0.25) is 0 Å². The lowest BCUT2D eigenvalue weighted by Gasteiger charge is -2.50. The number of carboxylic acids is 3. The van der Waals surface area contributed by atoms with Crippen LogP contribution in [0.5, 0.6) is 0 Å². The van der Waals surface area contributed by atoms with E-state index in [0.29, 0.717) is 25.7 Å². The molecule has 0 spiro atoms. The Labute approximate surface area is 213 Å². The third-order valence-corrected chi connectivity index (χ3v) is 7.18. The molecule has 3 unspecified atom stereocenters. The first-order chi connectivity index (χ1) is 16.7. The van der Waals surface area contributed by atoms with Crippen LogP contribution in [0.25, 0.3) is 0 Å². The van der Waals surface area contributed by atoms with Crippen LogP contribution in [-0.2, 0) is 14.4 Å². The second-order valence-electron chi connectivity index (χ2n) is 9.83. The van der Waals surface area contributed by atoms with Crippen LogP contribution in [0, 0.1) is 0 Å². The standard InChI is InChI=1S/C28H51NO6/c1-5-9-10-11-12-13-14-15-16-17-18-22-29(23(19-6-2)26(30)31,24(20-7-3)27(32)33)25(21-8-4)28(34)35/h5,9,23-25H,6-8,10-22H2,1-4H3,(H2-,30,31,32,33,34,35)/p+1/b9-5+. The number of hydrogen-bond acceptors (Lipinski definition) is 3. The molecule has 0 heterocycles. The van der Waals surface area contributed by atoms with Crippen LogP contribution in [0.4, 0.5) is 0 Å². The number of unbranched alkanes of at least 4 members (excludes halogenated alkanes) is 8. The average Bonchev–Trinajstić information content (AvgIpc) is 2.81. The fraction of sp³-hybridized carbons (Fsp3) is 0.821. The Kier molecular flexibility index (Phi) is 18.3. The van der Waals surface area contributed by atoms with Crippen LogP contribution in [0.2, 0.25) is 0 Å². The Bertz CT molecular complexity index is 573. The second-order valence-corrected chi connectivity index (χ2v) is 9.83. The van der Waals surface area contributed by atoms with E-state index in [4.69, 9.17) is 0 Å². The third-order valence-electron chi connectivity index (χ3n) is 7.18. The lowest BCUT2D eigenvalue weighted by atomic mass is 9.91. The van der Waals surface area contributed by atoms with Gasteiger partial charge in [-0.15, -0.1) is 0 Å². The highest BCUT2D eigenvalue weighted by Gasteiger charge is 2.56. The van der Waals surface area contributed by atoms with E-state index in [1.165, 1.54) is 19.3 Å². The van der Waals surface area contributed by atoms with Crippen LogP contribution >= 0.6 is 0 Å². The molecule has 0 saturated carbocycles. The number of allylic oxidation sites excluding steroid dienone is 2. The SMILES string of the molecule is C/C=C/CCCCCCCCCC[N+](C(CCC)C(=O)O)(C(CCC)C(=O)O)C(CCC)C(=O)O. The van der Waals surface area contributed by atoms with Gasteiger partial charge in [0.1, 0.15) is 0 Å². The Morgan fingerprint density at radius 1 is 0.629 bits per heavy atom. The summed E-state index contributed by atoms with van der Waals surface area (Å²) in [7, 11) is 0. The molecule has 0 aromatic heterocycles. The van der Waals surface area contributed by atoms with Gasteiger partial charge in [-0.2, -0.15) is 0 Å². The first kappa shape index (κ1) is 33.1. The summed E-state index contributed by atoms with van der Waals surface area (Å²) >= 11 is 0. The van der Waals surface area contributed by atoms with Gasteiger partial charge in [-0.25, -0.2) is 14.4 Å². The molecule has 0 aliphatic heterocycles. The van der Waals surface area contributed by atoms with E-state index in [1.807, 2.05) is 27.7 Å². The zero-order valence-electron chi connectivity index (χ0n) is 22.7. The number of carbonyl (C=O) groups is 3. The van der Waals surface area contributed by atoms with Gasteiger partial charge in [-0.1, -0.05) is 65.0 Å².